The number of aromatic nitrogens is 2. The minimum absolute atomic E-state index is 0.358. The van der Waals surface area contributed by atoms with Crippen LogP contribution in [0.4, 0.5) is 0 Å². The number of carbonyl (C=O) groups excluding carboxylic acids is 1. The molecule has 1 aliphatic heterocycles. The van der Waals surface area contributed by atoms with E-state index in [4.69, 9.17) is 4.74 Å². The fourth-order valence-electron chi connectivity index (χ4n) is 1.49. The van der Waals surface area contributed by atoms with Crippen LogP contribution in [0.25, 0.3) is 0 Å². The Bertz CT molecular complexity index is 388. The summed E-state index contributed by atoms with van der Waals surface area (Å²) in [5.74, 6) is 0.0750. The number of carbonyl (C=O) groups is 1. The van der Waals surface area contributed by atoms with Crippen LogP contribution in [0, 0.1) is 0 Å². The van der Waals surface area contributed by atoms with Gasteiger partial charge in [0.2, 0.25) is 0 Å². The summed E-state index contributed by atoms with van der Waals surface area (Å²) in [6, 6.07) is 1.78. The summed E-state index contributed by atoms with van der Waals surface area (Å²) in [6.07, 6.45) is 0. The summed E-state index contributed by atoms with van der Waals surface area (Å²) in [5, 5.41) is 10.0. The van der Waals surface area contributed by atoms with E-state index in [2.05, 4.69) is 15.5 Å². The molecule has 88 valence electrons. The monoisotopic (exact) mass is 223 g/mol. The van der Waals surface area contributed by atoms with E-state index in [1.54, 1.807) is 6.07 Å². The largest absolute Gasteiger partial charge is 0.455 e. The number of nitrogens with zero attached hydrogens (tertiary/aromatic N) is 1. The Morgan fingerprint density at radius 3 is 2.69 bits per heavy atom. The summed E-state index contributed by atoms with van der Waals surface area (Å²) in [7, 11) is 0. The van der Waals surface area contributed by atoms with Crippen LogP contribution < -0.4 is 5.32 Å². The van der Waals surface area contributed by atoms with Crippen molar-refractivity contribution in [2.75, 3.05) is 13.1 Å². The molecule has 0 aliphatic carbocycles. The normalized spacial score (nSPS) is 16.9. The standard InChI is InChI=1S/C11H17N3O2/c1-11(2,3)16-10(15)9-4-8(13-14-9)7-5-12-6-7/h4,7,12H,5-6H2,1-3H3,(H,13,14). The summed E-state index contributed by atoms with van der Waals surface area (Å²) >= 11 is 0. The van der Waals surface area contributed by atoms with Crippen LogP contribution in [0.15, 0.2) is 6.07 Å². The van der Waals surface area contributed by atoms with E-state index in [-0.39, 0.29) is 5.97 Å². The van der Waals surface area contributed by atoms with E-state index in [9.17, 15) is 4.79 Å². The average molecular weight is 223 g/mol. The number of aromatic amines is 1. The Balaban J connectivity index is 2.03. The Morgan fingerprint density at radius 1 is 1.50 bits per heavy atom. The number of rotatable bonds is 2. The SMILES string of the molecule is CC(C)(C)OC(=O)c1cc(C2CNC2)[nH]n1. The van der Waals surface area contributed by atoms with Gasteiger partial charge in [-0.05, 0) is 26.8 Å². The second-order valence-corrected chi connectivity index (χ2v) is 5.07. The second-order valence-electron chi connectivity index (χ2n) is 5.07. The zero-order chi connectivity index (χ0) is 11.8. The zero-order valence-electron chi connectivity index (χ0n) is 9.83. The van der Waals surface area contributed by atoms with E-state index in [0.717, 1.165) is 18.8 Å². The van der Waals surface area contributed by atoms with Crippen molar-refractivity contribution in [2.24, 2.45) is 0 Å². The maximum absolute atomic E-state index is 11.7. The van der Waals surface area contributed by atoms with Gasteiger partial charge in [-0.25, -0.2) is 4.79 Å². The molecule has 1 saturated heterocycles. The van der Waals surface area contributed by atoms with Crippen molar-refractivity contribution in [1.29, 1.82) is 0 Å². The van der Waals surface area contributed by atoms with Crippen LogP contribution in [0.1, 0.15) is 42.9 Å². The van der Waals surface area contributed by atoms with Gasteiger partial charge in [0.15, 0.2) is 5.69 Å². The maximum atomic E-state index is 11.7. The molecule has 1 aromatic rings. The lowest BCUT2D eigenvalue weighted by molar-refractivity contribution is 0.00628. The first-order valence-corrected chi connectivity index (χ1v) is 5.45. The minimum atomic E-state index is -0.478. The van der Waals surface area contributed by atoms with Crippen molar-refractivity contribution in [2.45, 2.75) is 32.3 Å². The highest BCUT2D eigenvalue weighted by Gasteiger charge is 2.24. The number of esters is 1. The Labute approximate surface area is 94.6 Å². The molecule has 0 atom stereocenters. The van der Waals surface area contributed by atoms with Gasteiger partial charge in [-0.2, -0.15) is 5.10 Å². The molecule has 2 heterocycles. The predicted molar refractivity (Wildman–Crippen MR) is 59.4 cm³/mol. The molecule has 0 aromatic carbocycles. The second kappa shape index (κ2) is 3.90. The molecule has 0 spiro atoms. The van der Waals surface area contributed by atoms with Crippen molar-refractivity contribution >= 4 is 5.97 Å². The molecule has 16 heavy (non-hydrogen) atoms. The zero-order valence-corrected chi connectivity index (χ0v) is 9.83. The van der Waals surface area contributed by atoms with E-state index >= 15 is 0 Å². The minimum Gasteiger partial charge on any atom is -0.455 e. The predicted octanol–water partition coefficient (Wildman–Crippen LogP) is 1.05. The Morgan fingerprint density at radius 2 is 2.19 bits per heavy atom. The Hall–Kier alpha value is -1.36. The Kier molecular flexibility index (Phi) is 2.71. The lowest BCUT2D eigenvalue weighted by atomic mass is 9.99. The van der Waals surface area contributed by atoms with Gasteiger partial charge in [0.1, 0.15) is 5.60 Å². The van der Waals surface area contributed by atoms with Gasteiger partial charge in [-0.3, -0.25) is 5.10 Å². The molecule has 1 fully saturated rings. The van der Waals surface area contributed by atoms with Crippen molar-refractivity contribution in [1.82, 2.24) is 15.5 Å². The van der Waals surface area contributed by atoms with Crippen LogP contribution in [0.5, 0.6) is 0 Å². The van der Waals surface area contributed by atoms with Gasteiger partial charge in [0, 0.05) is 24.7 Å². The average Bonchev–Trinajstić information content (AvgIpc) is 2.46. The lowest BCUT2D eigenvalue weighted by Gasteiger charge is -2.25. The molecular weight excluding hydrogens is 206 g/mol. The molecule has 1 aromatic heterocycles. The van der Waals surface area contributed by atoms with Gasteiger partial charge in [0.25, 0.3) is 0 Å². The number of H-pyrrole nitrogens is 1. The fourth-order valence-corrected chi connectivity index (χ4v) is 1.49. The maximum Gasteiger partial charge on any atom is 0.359 e. The number of hydrogen-bond donors (Lipinski definition) is 2. The molecular formula is C11H17N3O2. The summed E-state index contributed by atoms with van der Waals surface area (Å²) < 4.78 is 5.23. The smallest absolute Gasteiger partial charge is 0.359 e. The van der Waals surface area contributed by atoms with Crippen LogP contribution >= 0.6 is 0 Å². The highest BCUT2D eigenvalue weighted by atomic mass is 16.6. The van der Waals surface area contributed by atoms with E-state index < -0.39 is 5.60 Å². The molecule has 0 unspecified atom stereocenters. The van der Waals surface area contributed by atoms with Gasteiger partial charge in [0.05, 0.1) is 0 Å². The van der Waals surface area contributed by atoms with Gasteiger partial charge in [-0.15, -0.1) is 0 Å². The van der Waals surface area contributed by atoms with Crippen molar-refractivity contribution in [3.05, 3.63) is 17.5 Å². The highest BCUT2D eigenvalue weighted by molar-refractivity contribution is 5.87. The molecule has 5 nitrogen and oxygen atoms in total. The van der Waals surface area contributed by atoms with Crippen molar-refractivity contribution in [3.8, 4) is 0 Å². The quantitative estimate of drug-likeness (QED) is 0.735. The van der Waals surface area contributed by atoms with E-state index in [1.165, 1.54) is 0 Å². The topological polar surface area (TPSA) is 67.0 Å². The van der Waals surface area contributed by atoms with Gasteiger partial charge >= 0.3 is 5.97 Å². The summed E-state index contributed by atoms with van der Waals surface area (Å²) in [4.78, 5) is 11.7. The molecule has 2 rings (SSSR count). The van der Waals surface area contributed by atoms with Crippen LogP contribution in [-0.4, -0.2) is 34.9 Å². The first-order valence-electron chi connectivity index (χ1n) is 5.45. The van der Waals surface area contributed by atoms with Crippen LogP contribution in [0.2, 0.25) is 0 Å². The molecule has 0 amide bonds. The number of hydrogen-bond acceptors (Lipinski definition) is 4. The third-order valence-electron chi connectivity index (χ3n) is 2.43. The fraction of sp³-hybridized carbons (Fsp3) is 0.636. The molecule has 2 N–H and O–H groups in total. The van der Waals surface area contributed by atoms with E-state index in [1.807, 2.05) is 20.8 Å². The molecule has 0 radical (unpaired) electrons. The van der Waals surface area contributed by atoms with Gasteiger partial charge < -0.3 is 10.1 Å². The van der Waals surface area contributed by atoms with Crippen LogP contribution in [0.3, 0.4) is 0 Å². The van der Waals surface area contributed by atoms with E-state index in [0.29, 0.717) is 11.6 Å². The molecule has 0 bridgehead atoms. The lowest BCUT2D eigenvalue weighted by Crippen LogP contribution is -2.40. The summed E-state index contributed by atoms with van der Waals surface area (Å²) in [5.41, 5.74) is 0.880. The first kappa shape index (κ1) is 11.1. The third kappa shape index (κ3) is 2.41. The third-order valence-corrected chi connectivity index (χ3v) is 2.43. The van der Waals surface area contributed by atoms with Crippen molar-refractivity contribution < 1.29 is 9.53 Å². The summed E-state index contributed by atoms with van der Waals surface area (Å²) in [6.45, 7) is 7.41. The van der Waals surface area contributed by atoms with Crippen molar-refractivity contribution in [3.63, 3.8) is 0 Å². The highest BCUT2D eigenvalue weighted by Crippen LogP contribution is 2.19. The van der Waals surface area contributed by atoms with Gasteiger partial charge in [-0.1, -0.05) is 0 Å². The molecule has 5 heteroatoms. The first-order chi connectivity index (χ1) is 7.46. The number of ether oxygens (including phenoxy) is 1. The van der Waals surface area contributed by atoms with Crippen LogP contribution in [-0.2, 0) is 4.74 Å². The molecule has 0 saturated carbocycles. The number of nitrogens with one attached hydrogen (secondary N) is 2. The molecule has 1 aliphatic rings.